The van der Waals surface area contributed by atoms with Crippen molar-refractivity contribution in [2.24, 2.45) is 0 Å². The smallest absolute Gasteiger partial charge is 0.416 e. The van der Waals surface area contributed by atoms with Crippen molar-refractivity contribution in [3.63, 3.8) is 0 Å². The number of rotatable bonds is 5. The van der Waals surface area contributed by atoms with E-state index in [1.54, 1.807) is 36.5 Å². The molecule has 0 saturated carbocycles. The van der Waals surface area contributed by atoms with Crippen LogP contribution in [0.15, 0.2) is 83.5 Å². The SMILES string of the molecule is CC(C)(C)c1ccc(C(=O)Nc2c(C(=O)O)oc3ccc(-c4cnn(-c5ccc(C(F)(F)F)cc5)c4)cc23)cc1. The number of fused-ring (bicyclic) bond motifs is 1. The molecule has 0 atom stereocenters. The largest absolute Gasteiger partial charge is 0.475 e. The lowest BCUT2D eigenvalue weighted by atomic mass is 9.87. The number of aromatic carboxylic acids is 1. The molecular formula is C30H24F3N3O4. The van der Waals surface area contributed by atoms with E-state index in [0.29, 0.717) is 27.8 Å². The number of furan rings is 1. The molecule has 0 unspecified atom stereocenters. The standard InChI is InChI=1S/C30H24F3N3O4/c1-29(2,3)20-7-4-17(5-8-20)27(37)35-25-23-14-18(6-13-24(23)40-26(25)28(38)39)19-15-34-36(16-19)22-11-9-21(10-12-22)30(31,32)33/h4-16H,1-3H3,(H,35,37)(H,38,39). The summed E-state index contributed by atoms with van der Waals surface area (Å²) >= 11 is 0. The van der Waals surface area contributed by atoms with Gasteiger partial charge in [0.15, 0.2) is 0 Å². The number of carbonyl (C=O) groups is 2. The molecule has 0 bridgehead atoms. The van der Waals surface area contributed by atoms with E-state index < -0.39 is 29.4 Å². The topological polar surface area (TPSA) is 97.4 Å². The number of aromatic nitrogens is 2. The van der Waals surface area contributed by atoms with Crippen LogP contribution < -0.4 is 5.32 Å². The van der Waals surface area contributed by atoms with Crippen LogP contribution in [0.4, 0.5) is 18.9 Å². The van der Waals surface area contributed by atoms with Crippen molar-refractivity contribution in [3.05, 3.63) is 102 Å². The predicted octanol–water partition coefficient (Wildman–Crippen LogP) is 7.55. The van der Waals surface area contributed by atoms with Gasteiger partial charge in [-0.3, -0.25) is 4.79 Å². The Morgan fingerprint density at radius 1 is 0.900 bits per heavy atom. The molecule has 3 aromatic carbocycles. The molecule has 5 aromatic rings. The second-order valence-corrected chi connectivity index (χ2v) is 10.3. The van der Waals surface area contributed by atoms with Gasteiger partial charge < -0.3 is 14.8 Å². The summed E-state index contributed by atoms with van der Waals surface area (Å²) in [6, 6.07) is 16.6. The number of nitrogens with one attached hydrogen (secondary N) is 1. The molecular weight excluding hydrogens is 523 g/mol. The molecule has 0 aliphatic carbocycles. The van der Waals surface area contributed by atoms with Gasteiger partial charge in [0.25, 0.3) is 5.91 Å². The average Bonchev–Trinajstić information content (AvgIpc) is 3.53. The summed E-state index contributed by atoms with van der Waals surface area (Å²) in [5.41, 5.74) is 2.51. The molecule has 0 saturated heterocycles. The van der Waals surface area contributed by atoms with Crippen LogP contribution in [0.5, 0.6) is 0 Å². The second-order valence-electron chi connectivity index (χ2n) is 10.3. The third kappa shape index (κ3) is 5.20. The Labute approximate surface area is 226 Å². The lowest BCUT2D eigenvalue weighted by Gasteiger charge is -2.19. The Morgan fingerprint density at radius 3 is 2.15 bits per heavy atom. The van der Waals surface area contributed by atoms with Crippen molar-refractivity contribution in [3.8, 4) is 16.8 Å². The highest BCUT2D eigenvalue weighted by Crippen LogP contribution is 2.35. The van der Waals surface area contributed by atoms with Crippen molar-refractivity contribution in [2.45, 2.75) is 32.4 Å². The van der Waals surface area contributed by atoms with Gasteiger partial charge in [-0.1, -0.05) is 39.0 Å². The fourth-order valence-corrected chi connectivity index (χ4v) is 4.28. The van der Waals surface area contributed by atoms with Gasteiger partial charge in [-0.15, -0.1) is 0 Å². The summed E-state index contributed by atoms with van der Waals surface area (Å²) < 4.78 is 45.7. The fourth-order valence-electron chi connectivity index (χ4n) is 4.28. The summed E-state index contributed by atoms with van der Waals surface area (Å²) in [7, 11) is 0. The molecule has 0 fully saturated rings. The van der Waals surface area contributed by atoms with Gasteiger partial charge in [0.2, 0.25) is 5.76 Å². The van der Waals surface area contributed by atoms with Crippen LogP contribution in [-0.4, -0.2) is 26.8 Å². The molecule has 0 radical (unpaired) electrons. The lowest BCUT2D eigenvalue weighted by Crippen LogP contribution is -2.15. The molecule has 1 amide bonds. The van der Waals surface area contributed by atoms with Crippen molar-refractivity contribution in [1.82, 2.24) is 9.78 Å². The van der Waals surface area contributed by atoms with Crippen LogP contribution in [0.3, 0.4) is 0 Å². The summed E-state index contributed by atoms with van der Waals surface area (Å²) in [4.78, 5) is 25.0. The number of halogens is 3. The van der Waals surface area contributed by atoms with E-state index in [1.807, 2.05) is 12.1 Å². The van der Waals surface area contributed by atoms with Crippen LogP contribution in [0.2, 0.25) is 0 Å². The fraction of sp³-hybridized carbons (Fsp3) is 0.167. The number of hydrogen-bond donors (Lipinski definition) is 2. The zero-order valence-electron chi connectivity index (χ0n) is 21.7. The molecule has 40 heavy (non-hydrogen) atoms. The average molecular weight is 548 g/mol. The van der Waals surface area contributed by atoms with Crippen molar-refractivity contribution in [2.75, 3.05) is 5.32 Å². The second kappa shape index (κ2) is 9.71. The summed E-state index contributed by atoms with van der Waals surface area (Å²) in [5.74, 6) is -2.25. The van der Waals surface area contributed by atoms with Crippen LogP contribution in [0, 0.1) is 0 Å². The molecule has 0 aliphatic heterocycles. The number of carbonyl (C=O) groups excluding carboxylic acids is 1. The molecule has 7 nitrogen and oxygen atoms in total. The third-order valence-electron chi connectivity index (χ3n) is 6.51. The highest BCUT2D eigenvalue weighted by molar-refractivity contribution is 6.13. The molecule has 2 heterocycles. The number of carboxylic acid groups (broad SMARTS) is 1. The van der Waals surface area contributed by atoms with Gasteiger partial charge >= 0.3 is 12.1 Å². The first kappa shape index (κ1) is 26.7. The number of alkyl halides is 3. The minimum absolute atomic E-state index is 0.0179. The molecule has 2 N–H and O–H groups in total. The number of hydrogen-bond acceptors (Lipinski definition) is 4. The van der Waals surface area contributed by atoms with E-state index in [0.717, 1.165) is 17.7 Å². The van der Waals surface area contributed by atoms with E-state index in [4.69, 9.17) is 4.42 Å². The van der Waals surface area contributed by atoms with Crippen LogP contribution in [-0.2, 0) is 11.6 Å². The Morgan fingerprint density at radius 2 is 1.55 bits per heavy atom. The number of benzene rings is 3. The van der Waals surface area contributed by atoms with Crippen molar-refractivity contribution < 1.29 is 32.3 Å². The maximum absolute atomic E-state index is 13.1. The monoisotopic (exact) mass is 547 g/mol. The van der Waals surface area contributed by atoms with Gasteiger partial charge in [-0.05, 0) is 65.1 Å². The first-order valence-corrected chi connectivity index (χ1v) is 12.3. The first-order valence-electron chi connectivity index (χ1n) is 12.3. The summed E-state index contributed by atoms with van der Waals surface area (Å²) in [6.07, 6.45) is -1.27. The van der Waals surface area contributed by atoms with Crippen LogP contribution in [0.1, 0.15) is 52.8 Å². The van der Waals surface area contributed by atoms with Gasteiger partial charge in [-0.25, -0.2) is 9.48 Å². The van der Waals surface area contributed by atoms with Gasteiger partial charge in [-0.2, -0.15) is 18.3 Å². The normalized spacial score (nSPS) is 12.1. The number of anilines is 1. The minimum atomic E-state index is -4.44. The van der Waals surface area contributed by atoms with Crippen molar-refractivity contribution in [1.29, 1.82) is 0 Å². The lowest BCUT2D eigenvalue weighted by molar-refractivity contribution is -0.137. The van der Waals surface area contributed by atoms with Crippen LogP contribution >= 0.6 is 0 Å². The van der Waals surface area contributed by atoms with E-state index in [9.17, 15) is 27.9 Å². The zero-order valence-corrected chi connectivity index (χ0v) is 21.7. The number of carboxylic acids is 1. The van der Waals surface area contributed by atoms with Gasteiger partial charge in [0.05, 0.1) is 17.4 Å². The maximum Gasteiger partial charge on any atom is 0.416 e. The highest BCUT2D eigenvalue weighted by Gasteiger charge is 2.30. The van der Waals surface area contributed by atoms with Crippen LogP contribution in [0.25, 0.3) is 27.8 Å². The summed E-state index contributed by atoms with van der Waals surface area (Å²) in [6.45, 7) is 6.18. The number of amides is 1. The highest BCUT2D eigenvalue weighted by atomic mass is 19.4. The van der Waals surface area contributed by atoms with Gasteiger partial charge in [0, 0.05) is 22.7 Å². The Balaban J connectivity index is 1.47. The van der Waals surface area contributed by atoms with E-state index in [-0.39, 0.29) is 16.7 Å². The van der Waals surface area contributed by atoms with E-state index in [2.05, 4.69) is 31.2 Å². The Bertz CT molecular complexity index is 1730. The zero-order chi connectivity index (χ0) is 28.8. The molecule has 5 rings (SSSR count). The Hall–Kier alpha value is -4.86. The molecule has 0 aliphatic rings. The van der Waals surface area contributed by atoms with Gasteiger partial charge in [0.1, 0.15) is 11.3 Å². The quantitative estimate of drug-likeness (QED) is 0.237. The van der Waals surface area contributed by atoms with Crippen molar-refractivity contribution >= 4 is 28.5 Å². The maximum atomic E-state index is 13.1. The predicted molar refractivity (Wildman–Crippen MR) is 144 cm³/mol. The minimum Gasteiger partial charge on any atom is -0.475 e. The van der Waals surface area contributed by atoms with E-state index >= 15 is 0 Å². The Kier molecular flexibility index (Phi) is 6.49. The molecule has 204 valence electrons. The van der Waals surface area contributed by atoms with E-state index in [1.165, 1.54) is 23.0 Å². The summed E-state index contributed by atoms with van der Waals surface area (Å²) in [5, 5.41) is 17.0. The molecule has 10 heteroatoms. The molecule has 2 aromatic heterocycles. The molecule has 0 spiro atoms. The third-order valence-corrected chi connectivity index (χ3v) is 6.51. The first-order chi connectivity index (χ1) is 18.8. The number of nitrogens with zero attached hydrogens (tertiary/aromatic N) is 2.